The number of hydrogen-bond acceptors (Lipinski definition) is 5. The molecule has 8 nitrogen and oxygen atoms in total. The normalized spacial score (nSPS) is 12.6. The number of aliphatic hydroxyl groups is 1. The maximum Gasteiger partial charge on any atom is 0.332 e. The number of rotatable bonds is 5. The van der Waals surface area contributed by atoms with Crippen molar-refractivity contribution in [3.05, 3.63) is 38.7 Å². The van der Waals surface area contributed by atoms with Gasteiger partial charge in [-0.2, -0.15) is 0 Å². The molecule has 0 saturated heterocycles. The van der Waals surface area contributed by atoms with Crippen LogP contribution in [0.25, 0.3) is 11.0 Å². The number of carbonyl (C=O) groups excluding carboxylic acids is 1. The molecule has 0 spiro atoms. The van der Waals surface area contributed by atoms with Crippen LogP contribution in [-0.4, -0.2) is 37.8 Å². The number of fused-ring (bicyclic) bond motifs is 1. The van der Waals surface area contributed by atoms with Crippen molar-refractivity contribution in [3.8, 4) is 0 Å². The second-order valence-corrected chi connectivity index (χ2v) is 6.29. The lowest BCUT2D eigenvalue weighted by molar-refractivity contribution is 0.0900. The summed E-state index contributed by atoms with van der Waals surface area (Å²) >= 11 is 0. The van der Waals surface area contributed by atoms with Gasteiger partial charge < -0.3 is 10.4 Å². The Morgan fingerprint density at radius 3 is 2.58 bits per heavy atom. The van der Waals surface area contributed by atoms with E-state index in [0.29, 0.717) is 12.3 Å². The van der Waals surface area contributed by atoms with Crippen LogP contribution in [0.4, 0.5) is 0 Å². The SMILES string of the molecule is CC(C)CC(O)CNC(=O)c1cnc2c(c1)c(=O)n(C)c(=O)n2C. The van der Waals surface area contributed by atoms with E-state index in [4.69, 9.17) is 0 Å². The third-order valence-electron chi connectivity index (χ3n) is 3.80. The molecule has 0 bridgehead atoms. The summed E-state index contributed by atoms with van der Waals surface area (Å²) in [6, 6.07) is 1.41. The van der Waals surface area contributed by atoms with Gasteiger partial charge in [0.25, 0.3) is 11.5 Å². The first kappa shape index (κ1) is 17.9. The molecule has 2 aromatic heterocycles. The Labute approximate surface area is 138 Å². The molecule has 1 unspecified atom stereocenters. The lowest BCUT2D eigenvalue weighted by atomic mass is 10.1. The van der Waals surface area contributed by atoms with E-state index in [1.165, 1.54) is 30.9 Å². The Balaban J connectivity index is 2.29. The molecule has 2 N–H and O–H groups in total. The topological polar surface area (TPSA) is 106 Å². The number of aliphatic hydroxyl groups excluding tert-OH is 1. The first-order valence-corrected chi connectivity index (χ1v) is 7.74. The number of nitrogens with zero attached hydrogens (tertiary/aromatic N) is 3. The average molecular weight is 334 g/mol. The van der Waals surface area contributed by atoms with Gasteiger partial charge in [-0.3, -0.25) is 18.7 Å². The zero-order valence-electron chi connectivity index (χ0n) is 14.2. The molecule has 8 heteroatoms. The minimum atomic E-state index is -0.629. The summed E-state index contributed by atoms with van der Waals surface area (Å²) in [5, 5.41) is 12.6. The molecule has 0 aliphatic heterocycles. The smallest absolute Gasteiger partial charge is 0.332 e. The molecule has 24 heavy (non-hydrogen) atoms. The van der Waals surface area contributed by atoms with Gasteiger partial charge in [0.05, 0.1) is 17.1 Å². The van der Waals surface area contributed by atoms with E-state index < -0.39 is 23.3 Å². The van der Waals surface area contributed by atoms with Crippen molar-refractivity contribution in [1.29, 1.82) is 0 Å². The van der Waals surface area contributed by atoms with Gasteiger partial charge in [-0.15, -0.1) is 0 Å². The van der Waals surface area contributed by atoms with E-state index in [-0.39, 0.29) is 23.1 Å². The molecule has 0 fully saturated rings. The van der Waals surface area contributed by atoms with Gasteiger partial charge in [0.15, 0.2) is 0 Å². The first-order chi connectivity index (χ1) is 11.2. The molecule has 2 heterocycles. The minimum absolute atomic E-state index is 0.125. The molecule has 0 aliphatic rings. The van der Waals surface area contributed by atoms with E-state index in [0.717, 1.165) is 4.57 Å². The zero-order chi connectivity index (χ0) is 18.0. The second kappa shape index (κ2) is 6.96. The second-order valence-electron chi connectivity index (χ2n) is 6.29. The van der Waals surface area contributed by atoms with Crippen molar-refractivity contribution in [2.45, 2.75) is 26.4 Å². The third-order valence-corrected chi connectivity index (χ3v) is 3.80. The minimum Gasteiger partial charge on any atom is -0.391 e. The van der Waals surface area contributed by atoms with Crippen molar-refractivity contribution in [2.24, 2.45) is 20.0 Å². The highest BCUT2D eigenvalue weighted by Gasteiger charge is 2.14. The molecule has 1 atom stereocenters. The van der Waals surface area contributed by atoms with Crippen molar-refractivity contribution >= 4 is 16.9 Å². The summed E-state index contributed by atoms with van der Waals surface area (Å²) in [7, 11) is 2.89. The van der Waals surface area contributed by atoms with E-state index >= 15 is 0 Å². The maximum absolute atomic E-state index is 12.2. The number of pyridine rings is 1. The molecular formula is C16H22N4O4. The average Bonchev–Trinajstić information content (AvgIpc) is 2.54. The van der Waals surface area contributed by atoms with Crippen molar-refractivity contribution < 1.29 is 9.90 Å². The maximum atomic E-state index is 12.2. The standard InChI is InChI=1S/C16H22N4O4/c1-9(2)5-11(21)8-18-14(22)10-6-12-13(17-7-10)19(3)16(24)20(4)15(12)23/h6-7,9,11,21H,5,8H2,1-4H3,(H,18,22). The molecule has 0 aliphatic carbocycles. The molecule has 130 valence electrons. The van der Waals surface area contributed by atoms with Gasteiger partial charge in [-0.1, -0.05) is 13.8 Å². The molecule has 0 aromatic carbocycles. The quantitative estimate of drug-likeness (QED) is 0.785. The number of hydrogen-bond donors (Lipinski definition) is 2. The fraction of sp³-hybridized carbons (Fsp3) is 0.500. The Kier molecular flexibility index (Phi) is 5.18. The monoisotopic (exact) mass is 334 g/mol. The van der Waals surface area contributed by atoms with Gasteiger partial charge >= 0.3 is 5.69 Å². The van der Waals surface area contributed by atoms with E-state index in [2.05, 4.69) is 10.3 Å². The number of aromatic nitrogens is 3. The van der Waals surface area contributed by atoms with Crippen LogP contribution < -0.4 is 16.6 Å². The fourth-order valence-corrected chi connectivity index (χ4v) is 2.53. The van der Waals surface area contributed by atoms with Crippen LogP contribution in [0, 0.1) is 5.92 Å². The van der Waals surface area contributed by atoms with Crippen molar-refractivity contribution in [2.75, 3.05) is 6.54 Å². The first-order valence-electron chi connectivity index (χ1n) is 7.74. The van der Waals surface area contributed by atoms with Crippen LogP contribution in [0.2, 0.25) is 0 Å². The number of amides is 1. The van der Waals surface area contributed by atoms with Crippen LogP contribution in [0.5, 0.6) is 0 Å². The Morgan fingerprint density at radius 2 is 1.96 bits per heavy atom. The Morgan fingerprint density at radius 1 is 1.29 bits per heavy atom. The predicted molar refractivity (Wildman–Crippen MR) is 90.0 cm³/mol. The lowest BCUT2D eigenvalue weighted by Crippen LogP contribution is -2.37. The summed E-state index contributed by atoms with van der Waals surface area (Å²) < 4.78 is 2.23. The van der Waals surface area contributed by atoms with Gasteiger partial charge in [0.1, 0.15) is 5.65 Å². The highest BCUT2D eigenvalue weighted by Crippen LogP contribution is 2.08. The van der Waals surface area contributed by atoms with Crippen LogP contribution in [0.1, 0.15) is 30.6 Å². The van der Waals surface area contributed by atoms with Crippen molar-refractivity contribution in [1.82, 2.24) is 19.4 Å². The van der Waals surface area contributed by atoms with E-state index in [9.17, 15) is 19.5 Å². The number of carbonyl (C=O) groups is 1. The molecule has 2 rings (SSSR count). The van der Waals surface area contributed by atoms with Gasteiger partial charge in [-0.05, 0) is 18.4 Å². The van der Waals surface area contributed by atoms with Crippen molar-refractivity contribution in [3.63, 3.8) is 0 Å². The summed E-state index contributed by atoms with van der Waals surface area (Å²) in [5.41, 5.74) is -0.557. The van der Waals surface area contributed by atoms with Crippen LogP contribution in [0.15, 0.2) is 21.9 Å². The van der Waals surface area contributed by atoms with Gasteiger partial charge in [0.2, 0.25) is 0 Å². The lowest BCUT2D eigenvalue weighted by Gasteiger charge is -2.14. The highest BCUT2D eigenvalue weighted by atomic mass is 16.3. The summed E-state index contributed by atoms with van der Waals surface area (Å²) in [6.45, 7) is 4.09. The summed E-state index contributed by atoms with van der Waals surface area (Å²) in [5.74, 6) is -0.105. The molecular weight excluding hydrogens is 312 g/mol. The fourth-order valence-electron chi connectivity index (χ4n) is 2.53. The Hall–Kier alpha value is -2.48. The van der Waals surface area contributed by atoms with Gasteiger partial charge in [-0.25, -0.2) is 9.78 Å². The van der Waals surface area contributed by atoms with Crippen LogP contribution in [-0.2, 0) is 14.1 Å². The number of aryl methyl sites for hydroxylation is 1. The molecule has 0 saturated carbocycles. The van der Waals surface area contributed by atoms with Crippen LogP contribution >= 0.6 is 0 Å². The van der Waals surface area contributed by atoms with E-state index in [1.807, 2.05) is 13.8 Å². The Bertz CT molecular complexity index is 882. The molecule has 0 radical (unpaired) electrons. The zero-order valence-corrected chi connectivity index (χ0v) is 14.2. The summed E-state index contributed by atoms with van der Waals surface area (Å²) in [6.07, 6.45) is 1.26. The predicted octanol–water partition coefficient (Wildman–Crippen LogP) is -0.231. The van der Waals surface area contributed by atoms with Gasteiger partial charge in [0, 0.05) is 26.8 Å². The highest BCUT2D eigenvalue weighted by molar-refractivity contribution is 5.96. The van der Waals surface area contributed by atoms with E-state index in [1.54, 1.807) is 0 Å². The third kappa shape index (κ3) is 3.53. The number of nitrogens with one attached hydrogen (secondary N) is 1. The summed E-state index contributed by atoms with van der Waals surface area (Å²) in [4.78, 5) is 40.3. The van der Waals surface area contributed by atoms with Crippen LogP contribution in [0.3, 0.4) is 0 Å². The molecule has 2 aromatic rings. The molecule has 1 amide bonds. The largest absolute Gasteiger partial charge is 0.391 e.